The Balaban J connectivity index is 2.14. The molecule has 5 nitrogen and oxygen atoms in total. The third kappa shape index (κ3) is 2.55. The second-order valence-corrected chi connectivity index (χ2v) is 4.38. The highest BCUT2D eigenvalue weighted by molar-refractivity contribution is 5.39. The van der Waals surface area contributed by atoms with E-state index in [1.54, 1.807) is 13.0 Å². The van der Waals surface area contributed by atoms with Gasteiger partial charge in [0.05, 0.1) is 12.6 Å². The highest BCUT2D eigenvalue weighted by Gasteiger charge is 2.26. The average molecular weight is 251 g/mol. The van der Waals surface area contributed by atoms with Crippen LogP contribution < -0.4 is 4.74 Å². The number of ether oxygens (including phenoxy) is 1. The molecule has 0 aromatic heterocycles. The number of rotatable bonds is 3. The minimum absolute atomic E-state index is 0.0369. The second kappa shape index (κ2) is 5.25. The first-order valence-corrected chi connectivity index (χ1v) is 5.76. The Hall–Kier alpha value is -1.78. The number of fused-ring (bicyclic) bond motifs is 1. The van der Waals surface area contributed by atoms with Crippen LogP contribution in [0, 0.1) is 12.7 Å². The number of aryl methyl sites for hydroxylation is 2. The summed E-state index contributed by atoms with van der Waals surface area (Å²) in [6, 6.07) is 3.11. The quantitative estimate of drug-likeness (QED) is 0.509. The summed E-state index contributed by atoms with van der Waals surface area (Å²) in [6.45, 7) is 1.67. The molecule has 2 atom stereocenters. The Labute approximate surface area is 104 Å². The van der Waals surface area contributed by atoms with E-state index >= 15 is 0 Å². The van der Waals surface area contributed by atoms with E-state index in [4.69, 9.17) is 10.3 Å². The van der Waals surface area contributed by atoms with Gasteiger partial charge in [-0.05, 0) is 42.5 Å². The summed E-state index contributed by atoms with van der Waals surface area (Å²) in [5.74, 6) is 0.147. The minimum atomic E-state index is -0.863. The molecule has 6 heteroatoms. The number of nitrogens with zero attached hydrogens (tertiary/aromatic N) is 3. The standard InChI is InChI=1S/C12H14FN3O2/c1-7-4-8-2-3-11(10(17)6-15-16-14)18-12(8)5-9(7)13/h4-5,10-11,17H,2-3,6H2,1H3/t10-,11+/m0/s1. The molecule has 0 saturated heterocycles. The maximum Gasteiger partial charge on any atom is 0.129 e. The van der Waals surface area contributed by atoms with Crippen molar-refractivity contribution >= 4 is 0 Å². The lowest BCUT2D eigenvalue weighted by molar-refractivity contribution is 0.0295. The Morgan fingerprint density at radius 2 is 2.44 bits per heavy atom. The largest absolute Gasteiger partial charge is 0.487 e. The molecule has 0 amide bonds. The van der Waals surface area contributed by atoms with E-state index in [0.29, 0.717) is 24.2 Å². The van der Waals surface area contributed by atoms with Gasteiger partial charge in [-0.1, -0.05) is 5.11 Å². The smallest absolute Gasteiger partial charge is 0.129 e. The third-order valence-electron chi connectivity index (χ3n) is 3.08. The van der Waals surface area contributed by atoms with Crippen LogP contribution in [-0.2, 0) is 6.42 Å². The molecule has 0 unspecified atom stereocenters. The zero-order valence-corrected chi connectivity index (χ0v) is 10.0. The minimum Gasteiger partial charge on any atom is -0.487 e. The van der Waals surface area contributed by atoms with E-state index in [9.17, 15) is 9.50 Å². The first-order valence-electron chi connectivity index (χ1n) is 5.76. The molecule has 1 aliphatic rings. The fourth-order valence-electron chi connectivity index (χ4n) is 2.06. The van der Waals surface area contributed by atoms with Crippen LogP contribution in [0.5, 0.6) is 5.75 Å². The SMILES string of the molecule is Cc1cc2c(cc1F)O[C@@H]([C@@H](O)CN=[N+]=[N-])CC2. The van der Waals surface area contributed by atoms with Crippen molar-refractivity contribution in [2.45, 2.75) is 32.0 Å². The van der Waals surface area contributed by atoms with Crippen molar-refractivity contribution in [1.82, 2.24) is 0 Å². The number of aliphatic hydroxyl groups is 1. The Kier molecular flexibility index (Phi) is 3.69. The van der Waals surface area contributed by atoms with Gasteiger partial charge in [0.15, 0.2) is 0 Å². The van der Waals surface area contributed by atoms with Crippen molar-refractivity contribution in [3.8, 4) is 5.75 Å². The van der Waals surface area contributed by atoms with Crippen LogP contribution in [0.15, 0.2) is 17.2 Å². The van der Waals surface area contributed by atoms with Crippen LogP contribution in [0.4, 0.5) is 4.39 Å². The van der Waals surface area contributed by atoms with Crippen molar-refractivity contribution < 1.29 is 14.2 Å². The lowest BCUT2D eigenvalue weighted by Crippen LogP contribution is -2.36. The van der Waals surface area contributed by atoms with E-state index in [1.807, 2.05) is 0 Å². The summed E-state index contributed by atoms with van der Waals surface area (Å²) in [4.78, 5) is 2.59. The number of azide groups is 1. The molecule has 0 fully saturated rings. The van der Waals surface area contributed by atoms with E-state index in [0.717, 1.165) is 5.56 Å². The van der Waals surface area contributed by atoms with Crippen LogP contribution in [0.2, 0.25) is 0 Å². The van der Waals surface area contributed by atoms with Crippen LogP contribution in [-0.4, -0.2) is 23.9 Å². The zero-order chi connectivity index (χ0) is 13.1. The van der Waals surface area contributed by atoms with Gasteiger partial charge in [-0.15, -0.1) is 0 Å². The van der Waals surface area contributed by atoms with Crippen LogP contribution in [0.25, 0.3) is 10.4 Å². The van der Waals surface area contributed by atoms with Crippen LogP contribution >= 0.6 is 0 Å². The molecule has 0 saturated carbocycles. The molecule has 0 bridgehead atoms. The van der Waals surface area contributed by atoms with Gasteiger partial charge in [0.25, 0.3) is 0 Å². The Morgan fingerprint density at radius 3 is 3.17 bits per heavy atom. The van der Waals surface area contributed by atoms with Crippen LogP contribution in [0.1, 0.15) is 17.5 Å². The summed E-state index contributed by atoms with van der Waals surface area (Å²) < 4.78 is 19.0. The van der Waals surface area contributed by atoms with Gasteiger partial charge in [-0.2, -0.15) is 0 Å². The molecule has 1 N–H and O–H groups in total. The fraction of sp³-hybridized carbons (Fsp3) is 0.500. The summed E-state index contributed by atoms with van der Waals surface area (Å²) in [5, 5.41) is 13.1. The normalized spacial score (nSPS) is 19.4. The van der Waals surface area contributed by atoms with Gasteiger partial charge in [0, 0.05) is 11.0 Å². The Morgan fingerprint density at radius 1 is 1.67 bits per heavy atom. The molecule has 96 valence electrons. The van der Waals surface area contributed by atoms with Crippen molar-refractivity contribution in [3.63, 3.8) is 0 Å². The first kappa shape index (κ1) is 12.7. The number of benzene rings is 1. The van der Waals surface area contributed by atoms with Gasteiger partial charge in [-0.3, -0.25) is 0 Å². The van der Waals surface area contributed by atoms with E-state index in [-0.39, 0.29) is 12.4 Å². The van der Waals surface area contributed by atoms with Gasteiger partial charge in [0.1, 0.15) is 17.7 Å². The monoisotopic (exact) mass is 251 g/mol. The van der Waals surface area contributed by atoms with Gasteiger partial charge >= 0.3 is 0 Å². The first-order chi connectivity index (χ1) is 8.61. The Bertz CT molecular complexity index is 500. The van der Waals surface area contributed by atoms with E-state index in [2.05, 4.69) is 10.0 Å². The van der Waals surface area contributed by atoms with Gasteiger partial charge in [0.2, 0.25) is 0 Å². The van der Waals surface area contributed by atoms with Crippen molar-refractivity contribution in [1.29, 1.82) is 0 Å². The number of hydrogen-bond donors (Lipinski definition) is 1. The predicted molar refractivity (Wildman–Crippen MR) is 63.9 cm³/mol. The highest BCUT2D eigenvalue weighted by atomic mass is 19.1. The average Bonchev–Trinajstić information content (AvgIpc) is 2.36. The predicted octanol–water partition coefficient (Wildman–Crippen LogP) is 2.50. The van der Waals surface area contributed by atoms with E-state index in [1.165, 1.54) is 6.07 Å². The van der Waals surface area contributed by atoms with E-state index < -0.39 is 12.2 Å². The number of aliphatic hydroxyl groups excluding tert-OH is 1. The van der Waals surface area contributed by atoms with Crippen molar-refractivity contribution in [3.05, 3.63) is 39.5 Å². The third-order valence-corrected chi connectivity index (χ3v) is 3.08. The number of hydrogen-bond acceptors (Lipinski definition) is 3. The molecule has 18 heavy (non-hydrogen) atoms. The molecule has 0 radical (unpaired) electrons. The summed E-state index contributed by atoms with van der Waals surface area (Å²) in [5.41, 5.74) is 9.73. The lowest BCUT2D eigenvalue weighted by atomic mass is 9.97. The molecule has 1 aromatic rings. The lowest BCUT2D eigenvalue weighted by Gasteiger charge is -2.29. The van der Waals surface area contributed by atoms with Crippen molar-refractivity contribution in [2.24, 2.45) is 5.11 Å². The number of halogens is 1. The highest BCUT2D eigenvalue weighted by Crippen LogP contribution is 2.31. The molecular weight excluding hydrogens is 237 g/mol. The summed E-state index contributed by atoms with van der Waals surface area (Å²) in [7, 11) is 0. The van der Waals surface area contributed by atoms with Gasteiger partial charge in [-0.25, -0.2) is 4.39 Å². The molecule has 1 aliphatic heterocycles. The zero-order valence-electron chi connectivity index (χ0n) is 10.0. The second-order valence-electron chi connectivity index (χ2n) is 4.38. The summed E-state index contributed by atoms with van der Waals surface area (Å²) in [6.07, 6.45) is 0.0257. The molecule has 2 rings (SSSR count). The molecular formula is C12H14FN3O2. The summed E-state index contributed by atoms with van der Waals surface area (Å²) >= 11 is 0. The maximum absolute atomic E-state index is 13.4. The van der Waals surface area contributed by atoms with Gasteiger partial charge < -0.3 is 9.84 Å². The fourth-order valence-corrected chi connectivity index (χ4v) is 2.06. The molecule has 0 spiro atoms. The molecule has 1 heterocycles. The van der Waals surface area contributed by atoms with Crippen LogP contribution in [0.3, 0.4) is 0 Å². The maximum atomic E-state index is 13.4. The molecule has 0 aliphatic carbocycles. The topological polar surface area (TPSA) is 78.2 Å². The van der Waals surface area contributed by atoms with Crippen molar-refractivity contribution in [2.75, 3.05) is 6.54 Å². The molecule has 1 aromatic carbocycles.